The van der Waals surface area contributed by atoms with Crippen molar-refractivity contribution < 1.29 is 9.47 Å². The zero-order valence-corrected chi connectivity index (χ0v) is 20.5. The van der Waals surface area contributed by atoms with Gasteiger partial charge in [-0.25, -0.2) is 9.67 Å². The Bertz CT molecular complexity index is 787. The summed E-state index contributed by atoms with van der Waals surface area (Å²) in [5.74, 6) is 1.68. The van der Waals surface area contributed by atoms with Gasteiger partial charge in [0.15, 0.2) is 5.96 Å². The van der Waals surface area contributed by atoms with Crippen LogP contribution in [0.5, 0.6) is 5.75 Å². The Hall–Kier alpha value is -1.81. The first kappa shape index (κ1) is 24.5. The van der Waals surface area contributed by atoms with Crippen LogP contribution in [0.3, 0.4) is 0 Å². The Balaban J connectivity index is 0.00000320. The van der Waals surface area contributed by atoms with Crippen LogP contribution in [0.25, 0.3) is 5.69 Å². The molecule has 0 unspecified atom stereocenters. The topological polar surface area (TPSA) is 72.7 Å². The van der Waals surface area contributed by atoms with E-state index in [1.807, 2.05) is 41.2 Å². The summed E-state index contributed by atoms with van der Waals surface area (Å²) < 4.78 is 12.4. The number of guanidine groups is 1. The molecular formula is C22H34IN5O2. The highest BCUT2D eigenvalue weighted by Crippen LogP contribution is 2.43. The summed E-state index contributed by atoms with van der Waals surface area (Å²) in [6.07, 6.45) is 6.88. The van der Waals surface area contributed by atoms with Gasteiger partial charge in [0, 0.05) is 33.0 Å². The smallest absolute Gasteiger partial charge is 0.191 e. The fourth-order valence-corrected chi connectivity index (χ4v) is 3.61. The molecule has 1 aliphatic rings. The Morgan fingerprint density at radius 3 is 2.53 bits per heavy atom. The van der Waals surface area contributed by atoms with E-state index >= 15 is 0 Å². The highest BCUT2D eigenvalue weighted by molar-refractivity contribution is 14.0. The van der Waals surface area contributed by atoms with E-state index in [4.69, 9.17) is 14.5 Å². The summed E-state index contributed by atoms with van der Waals surface area (Å²) in [6, 6.07) is 9.85. The number of hydrogen-bond donors (Lipinski definition) is 2. The van der Waals surface area contributed by atoms with Gasteiger partial charge in [0.1, 0.15) is 5.75 Å². The summed E-state index contributed by atoms with van der Waals surface area (Å²) in [7, 11) is 3.44. The highest BCUT2D eigenvalue weighted by Gasteiger charge is 2.36. The van der Waals surface area contributed by atoms with Crippen LogP contribution in [0, 0.1) is 5.41 Å². The minimum Gasteiger partial charge on any atom is -0.497 e. The summed E-state index contributed by atoms with van der Waals surface area (Å²) in [6.45, 7) is 5.20. The summed E-state index contributed by atoms with van der Waals surface area (Å²) >= 11 is 0. The fraction of sp³-hybridized carbons (Fsp3) is 0.545. The maximum Gasteiger partial charge on any atom is 0.191 e. The van der Waals surface area contributed by atoms with Crippen LogP contribution >= 0.6 is 24.0 Å². The third-order valence-electron chi connectivity index (χ3n) is 5.61. The number of benzene rings is 1. The normalized spacial score (nSPS) is 15.1. The molecule has 0 atom stereocenters. The lowest BCUT2D eigenvalue weighted by Gasteiger charge is -2.42. The number of methoxy groups -OCH3 is 2. The van der Waals surface area contributed by atoms with E-state index in [2.05, 4.69) is 22.7 Å². The molecule has 166 valence electrons. The average Bonchev–Trinajstić information content (AvgIpc) is 3.20. The molecule has 1 heterocycles. The van der Waals surface area contributed by atoms with E-state index in [9.17, 15) is 0 Å². The van der Waals surface area contributed by atoms with Crippen LogP contribution in [0.1, 0.15) is 38.3 Å². The number of hydrogen-bond acceptors (Lipinski definition) is 4. The van der Waals surface area contributed by atoms with Gasteiger partial charge in [0.25, 0.3) is 0 Å². The molecule has 0 spiro atoms. The molecule has 1 fully saturated rings. The number of aromatic nitrogens is 2. The first-order valence-corrected chi connectivity index (χ1v) is 10.4. The second kappa shape index (κ2) is 12.1. The molecular weight excluding hydrogens is 493 g/mol. The number of halogens is 1. The Morgan fingerprint density at radius 1 is 1.17 bits per heavy atom. The van der Waals surface area contributed by atoms with Gasteiger partial charge in [0.2, 0.25) is 0 Å². The molecule has 1 saturated carbocycles. The zero-order valence-electron chi connectivity index (χ0n) is 18.2. The molecule has 0 saturated heterocycles. The van der Waals surface area contributed by atoms with Gasteiger partial charge in [-0.05, 0) is 61.9 Å². The molecule has 3 rings (SSSR count). The lowest BCUT2D eigenvalue weighted by molar-refractivity contribution is 0.0732. The Morgan fingerprint density at radius 2 is 1.93 bits per heavy atom. The van der Waals surface area contributed by atoms with Crippen molar-refractivity contribution in [3.05, 3.63) is 42.2 Å². The predicted octanol–water partition coefficient (Wildman–Crippen LogP) is 3.76. The van der Waals surface area contributed by atoms with Crippen LogP contribution in [-0.2, 0) is 11.3 Å². The van der Waals surface area contributed by atoms with Crippen LogP contribution < -0.4 is 15.4 Å². The highest BCUT2D eigenvalue weighted by atomic mass is 127. The molecule has 2 N–H and O–H groups in total. The molecule has 0 aliphatic heterocycles. The van der Waals surface area contributed by atoms with Gasteiger partial charge in [-0.1, -0.05) is 6.42 Å². The van der Waals surface area contributed by atoms with E-state index in [1.165, 1.54) is 19.3 Å². The molecule has 1 aromatic carbocycles. The number of nitrogens with one attached hydrogen (secondary N) is 2. The Kier molecular flexibility index (Phi) is 9.90. The van der Waals surface area contributed by atoms with Crippen molar-refractivity contribution in [2.75, 3.05) is 33.9 Å². The van der Waals surface area contributed by atoms with E-state index in [-0.39, 0.29) is 24.0 Å². The van der Waals surface area contributed by atoms with E-state index in [1.54, 1.807) is 14.2 Å². The van der Waals surface area contributed by atoms with Crippen molar-refractivity contribution in [1.82, 2.24) is 20.4 Å². The third-order valence-corrected chi connectivity index (χ3v) is 5.61. The van der Waals surface area contributed by atoms with Gasteiger partial charge >= 0.3 is 0 Å². The van der Waals surface area contributed by atoms with Gasteiger partial charge in [-0.3, -0.25) is 0 Å². The van der Waals surface area contributed by atoms with Crippen LogP contribution in [0.4, 0.5) is 0 Å². The van der Waals surface area contributed by atoms with E-state index < -0.39 is 0 Å². The first-order chi connectivity index (χ1) is 14.2. The molecule has 30 heavy (non-hydrogen) atoms. The minimum atomic E-state index is 0. The lowest BCUT2D eigenvalue weighted by Crippen LogP contribution is -2.47. The van der Waals surface area contributed by atoms with Crippen molar-refractivity contribution in [3.8, 4) is 11.4 Å². The lowest BCUT2D eigenvalue weighted by atomic mass is 9.67. The van der Waals surface area contributed by atoms with Gasteiger partial charge in [0.05, 0.1) is 25.0 Å². The van der Waals surface area contributed by atoms with Crippen molar-refractivity contribution >= 4 is 29.9 Å². The average molecular weight is 527 g/mol. The van der Waals surface area contributed by atoms with Crippen LogP contribution in [0.15, 0.2) is 41.5 Å². The summed E-state index contributed by atoms with van der Waals surface area (Å²) in [5, 5.41) is 11.5. The standard InChI is InChI=1S/C22H33N5O2.HI/c1-4-23-21(25-17-22(11-5-12-22)13-15-28-2)24-16-18-10-14-27(26-18)19-6-8-20(29-3)9-7-19;/h6-10,14H,4-5,11-13,15-17H2,1-3H3,(H2,23,24,25);1H. The van der Waals surface area contributed by atoms with Crippen molar-refractivity contribution in [2.45, 2.75) is 39.2 Å². The first-order valence-electron chi connectivity index (χ1n) is 10.4. The number of aliphatic imine (C=N–C) groups is 1. The minimum absolute atomic E-state index is 0. The molecule has 8 heteroatoms. The largest absolute Gasteiger partial charge is 0.497 e. The second-order valence-electron chi connectivity index (χ2n) is 7.59. The molecule has 0 radical (unpaired) electrons. The monoisotopic (exact) mass is 527 g/mol. The van der Waals surface area contributed by atoms with Crippen LogP contribution in [-0.4, -0.2) is 49.7 Å². The third kappa shape index (κ3) is 6.60. The number of ether oxygens (including phenoxy) is 2. The number of nitrogens with zero attached hydrogens (tertiary/aromatic N) is 3. The van der Waals surface area contributed by atoms with Gasteiger partial charge < -0.3 is 20.1 Å². The van der Waals surface area contributed by atoms with E-state index in [0.29, 0.717) is 12.0 Å². The maximum absolute atomic E-state index is 5.29. The maximum atomic E-state index is 5.29. The number of rotatable bonds is 10. The quantitative estimate of drug-likeness (QED) is 0.280. The predicted molar refractivity (Wildman–Crippen MR) is 131 cm³/mol. The zero-order chi connectivity index (χ0) is 20.5. The second-order valence-corrected chi connectivity index (χ2v) is 7.59. The summed E-state index contributed by atoms with van der Waals surface area (Å²) in [5.41, 5.74) is 2.27. The van der Waals surface area contributed by atoms with Crippen molar-refractivity contribution in [2.24, 2.45) is 10.4 Å². The molecule has 0 amide bonds. The fourth-order valence-electron chi connectivity index (χ4n) is 3.61. The molecule has 2 aromatic rings. The van der Waals surface area contributed by atoms with E-state index in [0.717, 1.165) is 49.2 Å². The SMILES string of the molecule is CCNC(=NCc1ccn(-c2ccc(OC)cc2)n1)NCC1(CCOC)CCC1.I. The molecule has 1 aromatic heterocycles. The molecule has 7 nitrogen and oxygen atoms in total. The van der Waals surface area contributed by atoms with Crippen LogP contribution in [0.2, 0.25) is 0 Å². The van der Waals surface area contributed by atoms with Gasteiger partial charge in [-0.2, -0.15) is 5.10 Å². The summed E-state index contributed by atoms with van der Waals surface area (Å²) in [4.78, 5) is 4.73. The molecule has 1 aliphatic carbocycles. The molecule has 0 bridgehead atoms. The van der Waals surface area contributed by atoms with Crippen molar-refractivity contribution in [3.63, 3.8) is 0 Å². The Labute approximate surface area is 196 Å². The van der Waals surface area contributed by atoms with Crippen molar-refractivity contribution in [1.29, 1.82) is 0 Å². The van der Waals surface area contributed by atoms with Gasteiger partial charge in [-0.15, -0.1) is 24.0 Å².